The Bertz CT molecular complexity index is 3250. The topological polar surface area (TPSA) is 363 Å². The molecule has 0 bridgehead atoms. The summed E-state index contributed by atoms with van der Waals surface area (Å²) in [7, 11) is 2.72. The molecule has 3 saturated heterocycles. The van der Waals surface area contributed by atoms with Gasteiger partial charge in [-0.2, -0.15) is 0 Å². The van der Waals surface area contributed by atoms with Gasteiger partial charge in [0.2, 0.25) is 59.1 Å². The monoisotopic (exact) mass is 1270 g/mol. The summed E-state index contributed by atoms with van der Waals surface area (Å²) in [4.78, 5) is 188. The van der Waals surface area contributed by atoms with Crippen molar-refractivity contribution in [3.05, 3.63) is 72.1 Å². The largest absolute Gasteiger partial charge is 0.505 e. The number of pyridine rings is 2. The number of amides is 12. The minimum absolute atomic E-state index is 0.00675. The molecule has 6 atom stereocenters. The van der Waals surface area contributed by atoms with E-state index in [9.17, 15) is 67.7 Å². The van der Waals surface area contributed by atoms with E-state index in [-0.39, 0.29) is 25.9 Å². The van der Waals surface area contributed by atoms with Gasteiger partial charge >= 0.3 is 0 Å². The Morgan fingerprint density at radius 2 is 0.859 bits per heavy atom. The average molecular weight is 1280 g/mol. The third kappa shape index (κ3) is 16.7. The molecule has 92 heavy (non-hydrogen) atoms. The van der Waals surface area contributed by atoms with Crippen LogP contribution < -0.4 is 31.9 Å². The van der Waals surface area contributed by atoms with E-state index in [0.29, 0.717) is 47.5 Å². The van der Waals surface area contributed by atoms with E-state index < -0.39 is 193 Å². The zero-order valence-corrected chi connectivity index (χ0v) is 53.8. The summed E-state index contributed by atoms with van der Waals surface area (Å²) in [6.07, 6.45) is 2.05. The van der Waals surface area contributed by atoms with Gasteiger partial charge in [-0.05, 0) is 102 Å². The molecule has 28 nitrogen and oxygen atoms in total. The van der Waals surface area contributed by atoms with Gasteiger partial charge in [0.15, 0.2) is 11.4 Å². The van der Waals surface area contributed by atoms with Crippen LogP contribution in [0.4, 0.5) is 0 Å². The molecule has 8 N–H and O–H groups in total. The van der Waals surface area contributed by atoms with Gasteiger partial charge in [-0.3, -0.25) is 57.5 Å². The number of aromatic hydroxyl groups is 2. The Balaban J connectivity index is 1.21. The minimum Gasteiger partial charge on any atom is -0.505 e. The number of fused-ring (bicyclic) bond motifs is 4. The Kier molecular flexibility index (Phi) is 23.6. The predicted molar refractivity (Wildman–Crippen MR) is 337 cm³/mol. The maximum Gasteiger partial charge on any atom is 0.274 e. The quantitative estimate of drug-likeness (QED) is 0.121. The Hall–Kier alpha value is -9.50. The first-order valence-electron chi connectivity index (χ1n) is 31.2. The lowest BCUT2D eigenvalue weighted by molar-refractivity contribution is -0.147. The van der Waals surface area contributed by atoms with Crippen molar-refractivity contribution in [2.45, 2.75) is 142 Å². The number of nitrogens with one attached hydrogen (secondary N) is 6. The zero-order valence-electron chi connectivity index (χ0n) is 53.8. The van der Waals surface area contributed by atoms with Gasteiger partial charge in [0.1, 0.15) is 60.8 Å². The molecule has 7 rings (SSSR count). The van der Waals surface area contributed by atoms with Crippen molar-refractivity contribution in [3.63, 3.8) is 0 Å². The van der Waals surface area contributed by atoms with Gasteiger partial charge < -0.3 is 71.5 Å². The Morgan fingerprint density at radius 3 is 1.21 bits per heavy atom. The number of hydrogen-bond donors (Lipinski definition) is 8. The van der Waals surface area contributed by atoms with E-state index in [1.807, 2.05) is 0 Å². The van der Waals surface area contributed by atoms with E-state index in [1.165, 1.54) is 45.8 Å². The lowest BCUT2D eigenvalue weighted by atomic mass is 9.99. The highest BCUT2D eigenvalue weighted by atomic mass is 16.3. The standard InChI is InChI=1S/C64H86N14O14/c1-35(2)55-61(89)65-29-43(71-59(87)53-47(79)27-39-19-11-13-21-41(39)69-53)63(91)75-25-17-15-23-45(75)57(85)68-32-50(82)78(38(7)8)34-52(84)74(10)56(36(3)4)62(90)66-30-44(72-60(88)54-48(80)28-40-20-12-14-22-42(40)70-54)64(92)76-26-18-16-24-46(76)58(86)67-31-49(81)77(37(5)6)33-51(83)73(55)9/h11-14,19-22,27-28,35-38,43-46,55-56,79-80H,15-18,23-26,29-34H2,1-10H3,(H,65,89)(H,66,90)(H,67,86)(H,68,85)(H,71,87)(H,72,88)/t43-,44-,45+,46+,55+,56+/m1/s1. The van der Waals surface area contributed by atoms with Gasteiger partial charge in [0.25, 0.3) is 11.8 Å². The van der Waals surface area contributed by atoms with Gasteiger partial charge in [-0.15, -0.1) is 0 Å². The number of likely N-dealkylation sites (N-methyl/N-ethyl adjacent to an activating group) is 2. The molecule has 496 valence electrons. The molecule has 3 fully saturated rings. The van der Waals surface area contributed by atoms with Crippen molar-refractivity contribution in [1.29, 1.82) is 0 Å². The maximum absolute atomic E-state index is 15.0. The molecule has 3 aliphatic heterocycles. The molecule has 28 heteroatoms. The number of aromatic nitrogens is 2. The van der Waals surface area contributed by atoms with Crippen molar-refractivity contribution in [3.8, 4) is 11.5 Å². The predicted octanol–water partition coefficient (Wildman–Crippen LogP) is 0.772. The van der Waals surface area contributed by atoms with Crippen LogP contribution in [0.25, 0.3) is 21.8 Å². The van der Waals surface area contributed by atoms with Gasteiger partial charge in [0.05, 0.1) is 24.1 Å². The third-order valence-electron chi connectivity index (χ3n) is 16.9. The lowest BCUT2D eigenvalue weighted by Crippen LogP contribution is -2.62. The molecule has 0 aliphatic carbocycles. The third-order valence-corrected chi connectivity index (χ3v) is 16.9. The highest BCUT2D eigenvalue weighted by Crippen LogP contribution is 2.26. The van der Waals surface area contributed by atoms with Crippen LogP contribution in [0.15, 0.2) is 60.7 Å². The summed E-state index contributed by atoms with van der Waals surface area (Å²) in [5, 5.41) is 39.0. The number of hydrogen-bond acceptors (Lipinski definition) is 16. The number of rotatable bonds is 8. The number of benzene rings is 2. The van der Waals surface area contributed by atoms with Crippen molar-refractivity contribution >= 4 is 92.7 Å². The summed E-state index contributed by atoms with van der Waals surface area (Å²) < 4.78 is 0. The van der Waals surface area contributed by atoms with Crippen molar-refractivity contribution < 1.29 is 67.7 Å². The molecule has 0 unspecified atom stereocenters. The lowest BCUT2D eigenvalue weighted by Gasteiger charge is -2.38. The fourth-order valence-electron chi connectivity index (χ4n) is 11.9. The SMILES string of the molecule is CC(C)[C@H]1C(=O)NC[C@@H](NC(=O)c2nc3ccccc3cc2O)C(=O)N2CCCC[C@H]2C(=O)NCC(=O)N(C(C)C)CC(=O)N(C)[C@@H](C(C)C)C(=O)NC[C@@H](NC(=O)c2nc3ccccc3cc2O)C(=O)N2CCCC[C@H]2C(=O)NCC(=O)N(C(C)C)CC(=O)N1C. The maximum atomic E-state index is 15.0. The number of piperidine rings is 2. The average Bonchev–Trinajstić information content (AvgIpc) is 0.834. The molecule has 12 amide bonds. The van der Waals surface area contributed by atoms with Crippen LogP contribution in [0.5, 0.6) is 11.5 Å². The molecular weight excluding hydrogens is 1190 g/mol. The van der Waals surface area contributed by atoms with Crippen LogP contribution in [0.3, 0.4) is 0 Å². The molecule has 5 heterocycles. The van der Waals surface area contributed by atoms with Crippen molar-refractivity contribution in [2.24, 2.45) is 11.8 Å². The first-order valence-corrected chi connectivity index (χ1v) is 31.2. The van der Waals surface area contributed by atoms with Gasteiger partial charge in [-0.1, -0.05) is 64.1 Å². The molecule has 0 saturated carbocycles. The molecule has 4 aromatic rings. The van der Waals surface area contributed by atoms with Crippen LogP contribution in [-0.2, 0) is 47.9 Å². The minimum atomic E-state index is -1.62. The summed E-state index contributed by atoms with van der Waals surface area (Å²) in [6.45, 7) is 9.66. The van der Waals surface area contributed by atoms with E-state index in [4.69, 9.17) is 0 Å². The molecule has 3 aliphatic rings. The fraction of sp³-hybridized carbons (Fsp3) is 0.531. The van der Waals surface area contributed by atoms with Crippen LogP contribution in [0, 0.1) is 11.8 Å². The zero-order chi connectivity index (χ0) is 67.4. The van der Waals surface area contributed by atoms with E-state index in [1.54, 1.807) is 104 Å². The highest BCUT2D eigenvalue weighted by Gasteiger charge is 2.42. The Labute approximate surface area is 533 Å². The smallest absolute Gasteiger partial charge is 0.274 e. The second-order valence-corrected chi connectivity index (χ2v) is 24.8. The number of carbonyl (C=O) groups excluding carboxylic acids is 12. The normalized spacial score (nSPS) is 22.6. The number of carbonyl (C=O) groups is 12. The summed E-state index contributed by atoms with van der Waals surface area (Å²) in [5.74, 6) is -11.6. The first-order chi connectivity index (χ1) is 43.6. The summed E-state index contributed by atoms with van der Waals surface area (Å²) >= 11 is 0. The van der Waals surface area contributed by atoms with E-state index >= 15 is 0 Å². The molecule has 2 aromatic heterocycles. The molecule has 0 spiro atoms. The van der Waals surface area contributed by atoms with E-state index in [0.717, 1.165) is 9.80 Å². The Morgan fingerprint density at radius 1 is 0.500 bits per heavy atom. The molecule has 0 radical (unpaired) electrons. The van der Waals surface area contributed by atoms with Crippen molar-refractivity contribution in [1.82, 2.24) is 71.3 Å². The van der Waals surface area contributed by atoms with Crippen LogP contribution >= 0.6 is 0 Å². The second-order valence-electron chi connectivity index (χ2n) is 24.8. The van der Waals surface area contributed by atoms with Gasteiger partial charge in [0, 0.05) is 63.1 Å². The second kappa shape index (κ2) is 31.0. The fourth-order valence-corrected chi connectivity index (χ4v) is 11.9. The highest BCUT2D eigenvalue weighted by molar-refractivity contribution is 6.03. The van der Waals surface area contributed by atoms with Crippen LogP contribution in [0.2, 0.25) is 0 Å². The van der Waals surface area contributed by atoms with Crippen LogP contribution in [0.1, 0.15) is 115 Å². The number of nitrogens with zero attached hydrogens (tertiary/aromatic N) is 8. The van der Waals surface area contributed by atoms with Crippen molar-refractivity contribution in [2.75, 3.05) is 66.5 Å². The first kappa shape index (κ1) is 70.0. The molecule has 2 aromatic carbocycles. The van der Waals surface area contributed by atoms with E-state index in [2.05, 4.69) is 41.9 Å². The number of para-hydroxylation sites is 2. The molecular formula is C64H86N14O14. The summed E-state index contributed by atoms with van der Waals surface area (Å²) in [6, 6.07) is 6.65. The summed E-state index contributed by atoms with van der Waals surface area (Å²) in [5.41, 5.74) is -0.181. The van der Waals surface area contributed by atoms with Crippen LogP contribution in [-0.4, -0.2) is 235 Å². The van der Waals surface area contributed by atoms with Gasteiger partial charge in [-0.25, -0.2) is 9.97 Å².